The lowest BCUT2D eigenvalue weighted by atomic mass is 9.98. The number of benzene rings is 1. The van der Waals surface area contributed by atoms with Gasteiger partial charge in [-0.1, -0.05) is 0 Å². The van der Waals surface area contributed by atoms with Gasteiger partial charge in [-0.3, -0.25) is 14.3 Å². The Balaban J connectivity index is 1.50. The van der Waals surface area contributed by atoms with E-state index < -0.39 is 0 Å². The highest BCUT2D eigenvalue weighted by Crippen LogP contribution is 2.25. The average molecular weight is 423 g/mol. The lowest BCUT2D eigenvalue weighted by Crippen LogP contribution is -2.33. The quantitative estimate of drug-likeness (QED) is 0.654. The van der Waals surface area contributed by atoms with Crippen molar-refractivity contribution in [1.29, 1.82) is 0 Å². The van der Waals surface area contributed by atoms with Gasteiger partial charge in [0.1, 0.15) is 11.6 Å². The summed E-state index contributed by atoms with van der Waals surface area (Å²) < 4.78 is 15.0. The van der Waals surface area contributed by atoms with Crippen LogP contribution in [0.15, 0.2) is 35.3 Å². The number of hydrogen-bond donors (Lipinski definition) is 1. The van der Waals surface area contributed by atoms with Crippen LogP contribution < -0.4 is 5.56 Å². The number of H-pyrrole nitrogens is 1. The summed E-state index contributed by atoms with van der Waals surface area (Å²) in [5, 5.41) is 4.34. The number of aromatic nitrogens is 4. The van der Waals surface area contributed by atoms with Gasteiger partial charge in [-0.15, -0.1) is 0 Å². The summed E-state index contributed by atoms with van der Waals surface area (Å²) in [4.78, 5) is 35.0. The standard InChI is InChI=1S/C23H26FN5O2/c1-14-17(13-29(3)27-14)12-28(2)23(31)16-6-10-19-20(11-7-16)25-21(26-22(19)30)15-4-8-18(24)9-5-15/h4-5,8-9,13,16H,6-7,10-12H2,1-3H3,(H,25,26,30). The normalized spacial score (nSPS) is 15.9. The van der Waals surface area contributed by atoms with Crippen molar-refractivity contribution in [3.05, 3.63) is 69.1 Å². The molecule has 1 unspecified atom stereocenters. The van der Waals surface area contributed by atoms with Crippen molar-refractivity contribution in [3.8, 4) is 11.4 Å². The fourth-order valence-electron chi connectivity index (χ4n) is 4.22. The Morgan fingerprint density at radius 3 is 2.65 bits per heavy atom. The number of halogens is 1. The lowest BCUT2D eigenvalue weighted by Gasteiger charge is -2.22. The maximum Gasteiger partial charge on any atom is 0.254 e. The molecule has 4 rings (SSSR count). The summed E-state index contributed by atoms with van der Waals surface area (Å²) in [6.45, 7) is 2.45. The lowest BCUT2D eigenvalue weighted by molar-refractivity contribution is -0.135. The van der Waals surface area contributed by atoms with Crippen molar-refractivity contribution in [2.45, 2.75) is 39.2 Å². The van der Waals surface area contributed by atoms with Gasteiger partial charge in [0.15, 0.2) is 0 Å². The molecule has 1 aliphatic rings. The van der Waals surface area contributed by atoms with E-state index in [-0.39, 0.29) is 23.2 Å². The molecule has 0 radical (unpaired) electrons. The van der Waals surface area contributed by atoms with Gasteiger partial charge in [-0.2, -0.15) is 5.10 Å². The second-order valence-electron chi connectivity index (χ2n) is 8.23. The highest BCUT2D eigenvalue weighted by Gasteiger charge is 2.27. The second-order valence-corrected chi connectivity index (χ2v) is 8.23. The number of carbonyl (C=O) groups is 1. The summed E-state index contributed by atoms with van der Waals surface area (Å²) in [6, 6.07) is 5.88. The highest BCUT2D eigenvalue weighted by atomic mass is 19.1. The van der Waals surface area contributed by atoms with Crippen LogP contribution in [0.3, 0.4) is 0 Å². The Morgan fingerprint density at radius 1 is 1.26 bits per heavy atom. The SMILES string of the molecule is Cc1nn(C)cc1CN(C)C(=O)C1CCc2nc(-c3ccc(F)cc3)[nH]c(=O)c2CC1. The molecule has 3 aromatic rings. The second kappa shape index (κ2) is 8.45. The zero-order chi connectivity index (χ0) is 22.1. The first kappa shape index (κ1) is 21.0. The van der Waals surface area contributed by atoms with E-state index in [1.165, 1.54) is 12.1 Å². The molecular formula is C23H26FN5O2. The van der Waals surface area contributed by atoms with Gasteiger partial charge in [-0.25, -0.2) is 9.37 Å². The third kappa shape index (κ3) is 4.42. The van der Waals surface area contributed by atoms with Crippen LogP contribution in [-0.4, -0.2) is 37.6 Å². The summed E-state index contributed by atoms with van der Waals surface area (Å²) in [7, 11) is 3.68. The van der Waals surface area contributed by atoms with Crippen LogP contribution >= 0.6 is 0 Å². The van der Waals surface area contributed by atoms with Crippen molar-refractivity contribution >= 4 is 5.91 Å². The number of aromatic amines is 1. The molecule has 1 aromatic carbocycles. The Labute approximate surface area is 179 Å². The molecule has 2 aromatic heterocycles. The Morgan fingerprint density at radius 2 is 1.97 bits per heavy atom. The molecule has 0 spiro atoms. The van der Waals surface area contributed by atoms with Crippen molar-refractivity contribution < 1.29 is 9.18 Å². The van der Waals surface area contributed by atoms with E-state index in [4.69, 9.17) is 0 Å². The number of fused-ring (bicyclic) bond motifs is 1. The minimum absolute atomic E-state index is 0.0752. The number of rotatable bonds is 4. The van der Waals surface area contributed by atoms with Gasteiger partial charge in [0.2, 0.25) is 5.91 Å². The summed E-state index contributed by atoms with van der Waals surface area (Å²) >= 11 is 0. The first-order chi connectivity index (χ1) is 14.8. The monoisotopic (exact) mass is 423 g/mol. The van der Waals surface area contributed by atoms with E-state index in [1.807, 2.05) is 27.2 Å². The van der Waals surface area contributed by atoms with E-state index in [0.29, 0.717) is 49.2 Å². The molecule has 1 amide bonds. The molecule has 0 fully saturated rings. The van der Waals surface area contributed by atoms with Crippen LogP contribution in [0.25, 0.3) is 11.4 Å². The molecule has 2 heterocycles. The number of amides is 1. The van der Waals surface area contributed by atoms with Gasteiger partial charge in [0.25, 0.3) is 5.56 Å². The first-order valence-electron chi connectivity index (χ1n) is 10.4. The molecule has 1 atom stereocenters. The van der Waals surface area contributed by atoms with E-state index in [0.717, 1.165) is 17.0 Å². The molecule has 8 heteroatoms. The smallest absolute Gasteiger partial charge is 0.254 e. The molecule has 0 saturated carbocycles. The molecule has 7 nitrogen and oxygen atoms in total. The molecule has 0 bridgehead atoms. The Kier molecular flexibility index (Phi) is 5.71. The molecule has 31 heavy (non-hydrogen) atoms. The maximum atomic E-state index is 13.2. The molecule has 1 N–H and O–H groups in total. The molecule has 0 aliphatic heterocycles. The fraction of sp³-hybridized carbons (Fsp3) is 0.391. The number of nitrogens with zero attached hydrogens (tertiary/aromatic N) is 4. The Bertz CT molecular complexity index is 1170. The first-order valence-corrected chi connectivity index (χ1v) is 10.4. The minimum Gasteiger partial charge on any atom is -0.341 e. The molecular weight excluding hydrogens is 397 g/mol. The van der Waals surface area contributed by atoms with Crippen LogP contribution in [-0.2, 0) is 31.2 Å². The minimum atomic E-state index is -0.340. The van der Waals surface area contributed by atoms with Crippen LogP contribution in [0.2, 0.25) is 0 Å². The van der Waals surface area contributed by atoms with Gasteiger partial charge < -0.3 is 9.88 Å². The molecule has 1 aliphatic carbocycles. The van der Waals surface area contributed by atoms with E-state index >= 15 is 0 Å². The summed E-state index contributed by atoms with van der Waals surface area (Å²) in [5.41, 5.74) is 3.79. The van der Waals surface area contributed by atoms with E-state index in [1.54, 1.807) is 21.7 Å². The average Bonchev–Trinajstić information content (AvgIpc) is 2.92. The van der Waals surface area contributed by atoms with Crippen molar-refractivity contribution in [2.75, 3.05) is 7.05 Å². The third-order valence-corrected chi connectivity index (χ3v) is 5.94. The molecule has 162 valence electrons. The predicted molar refractivity (Wildman–Crippen MR) is 115 cm³/mol. The number of nitrogens with one attached hydrogen (secondary N) is 1. The van der Waals surface area contributed by atoms with Crippen LogP contribution in [0.5, 0.6) is 0 Å². The molecule has 0 saturated heterocycles. The number of aryl methyl sites for hydroxylation is 3. The number of carbonyl (C=O) groups excluding carboxylic acids is 1. The topological polar surface area (TPSA) is 83.9 Å². The van der Waals surface area contributed by atoms with Gasteiger partial charge in [0, 0.05) is 49.4 Å². The van der Waals surface area contributed by atoms with E-state index in [2.05, 4.69) is 15.1 Å². The highest BCUT2D eigenvalue weighted by molar-refractivity contribution is 5.78. The largest absolute Gasteiger partial charge is 0.341 e. The zero-order valence-corrected chi connectivity index (χ0v) is 18.0. The number of hydrogen-bond acceptors (Lipinski definition) is 4. The third-order valence-electron chi connectivity index (χ3n) is 5.94. The Hall–Kier alpha value is -3.29. The van der Waals surface area contributed by atoms with Crippen LogP contribution in [0.1, 0.15) is 35.4 Å². The van der Waals surface area contributed by atoms with Crippen molar-refractivity contribution in [3.63, 3.8) is 0 Å². The van der Waals surface area contributed by atoms with Crippen LogP contribution in [0, 0.1) is 18.7 Å². The fourth-order valence-corrected chi connectivity index (χ4v) is 4.22. The van der Waals surface area contributed by atoms with Crippen LogP contribution in [0.4, 0.5) is 4.39 Å². The predicted octanol–water partition coefficient (Wildman–Crippen LogP) is 2.77. The maximum absolute atomic E-state index is 13.2. The summed E-state index contributed by atoms with van der Waals surface area (Å²) in [6.07, 6.45) is 4.26. The summed E-state index contributed by atoms with van der Waals surface area (Å²) in [5.74, 6) is 0.00148. The van der Waals surface area contributed by atoms with Gasteiger partial charge in [-0.05, 0) is 56.9 Å². The van der Waals surface area contributed by atoms with Crippen molar-refractivity contribution in [1.82, 2.24) is 24.6 Å². The van der Waals surface area contributed by atoms with Crippen molar-refractivity contribution in [2.24, 2.45) is 13.0 Å². The van der Waals surface area contributed by atoms with Gasteiger partial charge in [0.05, 0.1) is 11.4 Å². The van der Waals surface area contributed by atoms with Gasteiger partial charge >= 0.3 is 0 Å². The zero-order valence-electron chi connectivity index (χ0n) is 18.0. The van der Waals surface area contributed by atoms with E-state index in [9.17, 15) is 14.0 Å².